The first-order valence-electron chi connectivity index (χ1n) is 8.74. The van der Waals surface area contributed by atoms with Crippen molar-refractivity contribution in [3.05, 3.63) is 89.3 Å². The quantitative estimate of drug-likeness (QED) is 0.465. The van der Waals surface area contributed by atoms with Crippen LogP contribution in [0.15, 0.2) is 77.4 Å². The summed E-state index contributed by atoms with van der Waals surface area (Å²) < 4.78 is 11.1. The number of halogens is 1. The highest BCUT2D eigenvalue weighted by Crippen LogP contribution is 2.36. The van der Waals surface area contributed by atoms with Crippen molar-refractivity contribution in [2.75, 3.05) is 0 Å². The normalized spacial score (nSPS) is 10.7. The van der Waals surface area contributed by atoms with Gasteiger partial charge in [0.25, 0.3) is 0 Å². The van der Waals surface area contributed by atoms with Gasteiger partial charge < -0.3 is 14.4 Å². The van der Waals surface area contributed by atoms with E-state index in [4.69, 9.17) is 20.9 Å². The van der Waals surface area contributed by atoms with Gasteiger partial charge in [-0.3, -0.25) is 4.98 Å². The zero-order valence-electron chi connectivity index (χ0n) is 15.1. The number of hydrogen-bond acceptors (Lipinski definition) is 5. The van der Waals surface area contributed by atoms with Gasteiger partial charge in [0.15, 0.2) is 11.5 Å². The van der Waals surface area contributed by atoms with E-state index >= 15 is 0 Å². The Kier molecular flexibility index (Phi) is 5.27. The third kappa shape index (κ3) is 4.12. The lowest BCUT2D eigenvalue weighted by molar-refractivity contribution is 0.0686. The Balaban J connectivity index is 1.63. The molecule has 0 radical (unpaired) electrons. The van der Waals surface area contributed by atoms with Gasteiger partial charge in [-0.05, 0) is 54.1 Å². The van der Waals surface area contributed by atoms with E-state index in [2.05, 4.69) is 10.1 Å². The average molecular weight is 407 g/mol. The van der Waals surface area contributed by atoms with Gasteiger partial charge in [-0.15, -0.1) is 0 Å². The molecule has 0 saturated carbocycles. The van der Waals surface area contributed by atoms with Crippen LogP contribution >= 0.6 is 11.6 Å². The molecule has 144 valence electrons. The number of nitrogens with zero attached hydrogens (tertiary/aromatic N) is 2. The van der Waals surface area contributed by atoms with Crippen molar-refractivity contribution in [3.63, 3.8) is 0 Å². The van der Waals surface area contributed by atoms with Gasteiger partial charge in [0.2, 0.25) is 0 Å². The Morgan fingerprint density at radius 3 is 2.38 bits per heavy atom. The molecule has 0 aliphatic rings. The highest BCUT2D eigenvalue weighted by molar-refractivity contribution is 6.30. The highest BCUT2D eigenvalue weighted by atomic mass is 35.5. The smallest absolute Gasteiger partial charge is 0.358 e. The molecule has 4 rings (SSSR count). The van der Waals surface area contributed by atoms with Crippen molar-refractivity contribution in [1.29, 1.82) is 0 Å². The molecule has 0 amide bonds. The van der Waals surface area contributed by atoms with Crippen molar-refractivity contribution >= 4 is 17.6 Å². The summed E-state index contributed by atoms with van der Waals surface area (Å²) in [6.07, 6.45) is 1.71. The van der Waals surface area contributed by atoms with Crippen molar-refractivity contribution in [2.24, 2.45) is 0 Å². The third-order valence-electron chi connectivity index (χ3n) is 4.26. The number of hydrogen-bond donors (Lipinski definition) is 1. The highest BCUT2D eigenvalue weighted by Gasteiger charge is 2.24. The van der Waals surface area contributed by atoms with E-state index in [1.807, 2.05) is 18.2 Å². The van der Waals surface area contributed by atoms with E-state index in [1.54, 1.807) is 54.7 Å². The summed E-state index contributed by atoms with van der Waals surface area (Å²) in [5, 5.41) is 13.8. The topological polar surface area (TPSA) is 85.5 Å². The van der Waals surface area contributed by atoms with Crippen LogP contribution < -0.4 is 4.74 Å². The summed E-state index contributed by atoms with van der Waals surface area (Å²) >= 11 is 5.95. The molecule has 1 N–H and O–H groups in total. The van der Waals surface area contributed by atoms with E-state index < -0.39 is 5.97 Å². The van der Waals surface area contributed by atoms with Gasteiger partial charge in [-0.25, -0.2) is 4.79 Å². The number of carboxylic acids is 1. The number of benzene rings is 2. The second-order valence-corrected chi connectivity index (χ2v) is 6.62. The Morgan fingerprint density at radius 1 is 1.00 bits per heavy atom. The number of aromatic carboxylic acids is 1. The summed E-state index contributed by atoms with van der Waals surface area (Å²) in [4.78, 5) is 15.8. The molecule has 0 aliphatic carbocycles. The minimum atomic E-state index is -1.17. The van der Waals surface area contributed by atoms with E-state index in [1.165, 1.54) is 0 Å². The van der Waals surface area contributed by atoms with Gasteiger partial charge in [-0.2, -0.15) is 0 Å². The van der Waals surface area contributed by atoms with Gasteiger partial charge in [-0.1, -0.05) is 35.0 Å². The lowest BCUT2D eigenvalue weighted by atomic mass is 9.99. The zero-order valence-corrected chi connectivity index (χ0v) is 15.8. The number of aromatic nitrogens is 2. The molecule has 2 aromatic carbocycles. The zero-order chi connectivity index (χ0) is 20.2. The molecule has 2 aromatic heterocycles. The molecule has 6 nitrogen and oxygen atoms in total. The van der Waals surface area contributed by atoms with Crippen molar-refractivity contribution in [1.82, 2.24) is 10.1 Å². The number of carboxylic acid groups (broad SMARTS) is 1. The van der Waals surface area contributed by atoms with Crippen LogP contribution in [0.3, 0.4) is 0 Å². The molecule has 0 spiro atoms. The van der Waals surface area contributed by atoms with E-state index in [0.717, 1.165) is 5.69 Å². The molecule has 0 fully saturated rings. The third-order valence-corrected chi connectivity index (χ3v) is 4.51. The maximum Gasteiger partial charge on any atom is 0.358 e. The van der Waals surface area contributed by atoms with E-state index in [0.29, 0.717) is 39.8 Å². The lowest BCUT2D eigenvalue weighted by Crippen LogP contribution is -1.99. The van der Waals surface area contributed by atoms with Crippen LogP contribution in [0.5, 0.6) is 5.75 Å². The number of pyridine rings is 1. The van der Waals surface area contributed by atoms with Crippen LogP contribution in [0, 0.1) is 0 Å². The maximum atomic E-state index is 11.6. The van der Waals surface area contributed by atoms with Crippen LogP contribution in [0.25, 0.3) is 22.5 Å². The summed E-state index contributed by atoms with van der Waals surface area (Å²) in [7, 11) is 0. The van der Waals surface area contributed by atoms with Crippen LogP contribution in [-0.4, -0.2) is 21.2 Å². The largest absolute Gasteiger partial charge is 0.487 e. The number of carbonyl (C=O) groups is 1. The maximum absolute atomic E-state index is 11.6. The molecule has 0 aliphatic heterocycles. The fraction of sp³-hybridized carbons (Fsp3) is 0.0455. The SMILES string of the molecule is O=C(O)c1noc(-c2ccc(OCc3ccccn3)cc2)c1-c1ccc(Cl)cc1. The predicted octanol–water partition coefficient (Wildman–Crippen LogP) is 5.33. The van der Waals surface area contributed by atoms with Crippen molar-refractivity contribution in [3.8, 4) is 28.2 Å². The monoisotopic (exact) mass is 406 g/mol. The summed E-state index contributed by atoms with van der Waals surface area (Å²) in [5.41, 5.74) is 2.40. The molecule has 0 atom stereocenters. The first-order valence-corrected chi connectivity index (χ1v) is 9.11. The molecule has 0 bridgehead atoms. The first-order chi connectivity index (χ1) is 14.1. The molecule has 29 heavy (non-hydrogen) atoms. The van der Waals surface area contributed by atoms with Crippen molar-refractivity contribution in [2.45, 2.75) is 6.61 Å². The molecular weight excluding hydrogens is 392 g/mol. The van der Waals surface area contributed by atoms with Gasteiger partial charge >= 0.3 is 5.97 Å². The average Bonchev–Trinajstić information content (AvgIpc) is 3.19. The number of ether oxygens (including phenoxy) is 1. The minimum absolute atomic E-state index is 0.155. The van der Waals surface area contributed by atoms with Gasteiger partial charge in [0, 0.05) is 16.8 Å². The van der Waals surface area contributed by atoms with Crippen LogP contribution in [0.4, 0.5) is 0 Å². The Hall–Kier alpha value is -3.64. The lowest BCUT2D eigenvalue weighted by Gasteiger charge is -2.07. The van der Waals surface area contributed by atoms with Crippen LogP contribution in [0.1, 0.15) is 16.2 Å². The van der Waals surface area contributed by atoms with Crippen molar-refractivity contribution < 1.29 is 19.2 Å². The van der Waals surface area contributed by atoms with Gasteiger partial charge in [0.1, 0.15) is 12.4 Å². The summed E-state index contributed by atoms with van der Waals surface area (Å²) in [5.74, 6) is -0.147. The Bertz CT molecular complexity index is 1120. The molecule has 2 heterocycles. The molecule has 0 saturated heterocycles. The standard InChI is InChI=1S/C22H15ClN2O4/c23-16-8-4-14(5-9-16)19-20(22(26)27)25-29-21(19)15-6-10-18(11-7-15)28-13-17-3-1-2-12-24-17/h1-12H,13H2,(H,26,27). The fourth-order valence-electron chi connectivity index (χ4n) is 2.86. The minimum Gasteiger partial charge on any atom is -0.487 e. The van der Waals surface area contributed by atoms with Gasteiger partial charge in [0.05, 0.1) is 11.3 Å². The molecular formula is C22H15ClN2O4. The molecule has 0 unspecified atom stereocenters. The predicted molar refractivity (Wildman–Crippen MR) is 108 cm³/mol. The first kappa shape index (κ1) is 18.7. The Morgan fingerprint density at radius 2 is 1.72 bits per heavy atom. The number of rotatable bonds is 6. The van der Waals surface area contributed by atoms with E-state index in [-0.39, 0.29) is 5.69 Å². The summed E-state index contributed by atoms with van der Waals surface area (Å²) in [6, 6.07) is 19.6. The summed E-state index contributed by atoms with van der Waals surface area (Å²) in [6.45, 7) is 0.349. The van der Waals surface area contributed by atoms with Crippen LogP contribution in [0.2, 0.25) is 5.02 Å². The Labute approximate surface area is 171 Å². The van der Waals surface area contributed by atoms with E-state index in [9.17, 15) is 9.90 Å². The second kappa shape index (κ2) is 8.16. The van der Waals surface area contributed by atoms with Crippen LogP contribution in [-0.2, 0) is 6.61 Å². The second-order valence-electron chi connectivity index (χ2n) is 6.18. The molecule has 7 heteroatoms. The fourth-order valence-corrected chi connectivity index (χ4v) is 2.99. The molecule has 4 aromatic rings.